The van der Waals surface area contributed by atoms with E-state index >= 15 is 0 Å². The van der Waals surface area contributed by atoms with Crippen molar-refractivity contribution in [2.75, 3.05) is 40.0 Å². The van der Waals surface area contributed by atoms with Crippen LogP contribution in [-0.2, 0) is 16.7 Å². The third-order valence-corrected chi connectivity index (χ3v) is 11.4. The van der Waals surface area contributed by atoms with Crippen molar-refractivity contribution in [2.45, 2.75) is 94.9 Å². The molecule has 4 bridgehead atoms. The van der Waals surface area contributed by atoms with Crippen LogP contribution in [0.5, 0.6) is 11.5 Å². The third kappa shape index (κ3) is 4.47. The first kappa shape index (κ1) is 27.5. The zero-order chi connectivity index (χ0) is 28.6. The lowest BCUT2D eigenvalue weighted by molar-refractivity contribution is -0.154. The SMILES string of the molecule is COc1ccc2c3c1O[C@H]1C[C@@H](O)C=C[C@@]31CCN(CCOCCN(C(=O)O)[C@]13C[C@@H]4C[C@@](C)(C[C@@](C)(C4)C1)C3)C2. The predicted molar refractivity (Wildman–Crippen MR) is 154 cm³/mol. The first-order valence-corrected chi connectivity index (χ1v) is 15.6. The number of ether oxygens (including phenoxy) is 3. The molecule has 0 aromatic heterocycles. The molecule has 0 unspecified atom stereocenters. The Hall–Kier alpha value is -2.29. The Labute approximate surface area is 243 Å². The van der Waals surface area contributed by atoms with Crippen molar-refractivity contribution in [1.82, 2.24) is 9.80 Å². The van der Waals surface area contributed by atoms with E-state index in [1.807, 2.05) is 12.1 Å². The molecule has 4 fully saturated rings. The molecule has 224 valence electrons. The molecule has 0 radical (unpaired) electrons. The van der Waals surface area contributed by atoms with Crippen LogP contribution in [0.15, 0.2) is 24.3 Å². The van der Waals surface area contributed by atoms with Gasteiger partial charge in [0.15, 0.2) is 11.5 Å². The normalized spacial score (nSPS) is 40.0. The monoisotopic (exact) mass is 566 g/mol. The van der Waals surface area contributed by atoms with Crippen LogP contribution in [-0.4, -0.2) is 83.8 Å². The van der Waals surface area contributed by atoms with E-state index < -0.39 is 12.2 Å². The zero-order valence-electron chi connectivity index (χ0n) is 24.9. The summed E-state index contributed by atoms with van der Waals surface area (Å²) in [6.07, 6.45) is 11.0. The van der Waals surface area contributed by atoms with E-state index in [9.17, 15) is 15.0 Å². The lowest BCUT2D eigenvalue weighted by Gasteiger charge is -2.67. The summed E-state index contributed by atoms with van der Waals surface area (Å²) in [4.78, 5) is 16.8. The van der Waals surface area contributed by atoms with Crippen LogP contribution in [0.25, 0.3) is 0 Å². The topological polar surface area (TPSA) is 91.7 Å². The Morgan fingerprint density at radius 2 is 1.93 bits per heavy atom. The second kappa shape index (κ2) is 9.61. The number of amides is 1. The molecule has 0 saturated heterocycles. The van der Waals surface area contributed by atoms with Crippen LogP contribution in [0.2, 0.25) is 0 Å². The summed E-state index contributed by atoms with van der Waals surface area (Å²) >= 11 is 0. The molecule has 2 heterocycles. The van der Waals surface area contributed by atoms with Gasteiger partial charge in [0.05, 0.1) is 31.8 Å². The zero-order valence-corrected chi connectivity index (χ0v) is 24.9. The maximum Gasteiger partial charge on any atom is 0.407 e. The van der Waals surface area contributed by atoms with Gasteiger partial charge < -0.3 is 29.3 Å². The lowest BCUT2D eigenvalue weighted by atomic mass is 9.42. The molecular weight excluding hydrogens is 520 g/mol. The summed E-state index contributed by atoms with van der Waals surface area (Å²) in [5, 5.41) is 20.6. The van der Waals surface area contributed by atoms with Crippen LogP contribution in [0.1, 0.15) is 76.3 Å². The summed E-state index contributed by atoms with van der Waals surface area (Å²) in [7, 11) is 1.68. The van der Waals surface area contributed by atoms with E-state index in [-0.39, 0.29) is 27.9 Å². The highest BCUT2D eigenvalue weighted by Crippen LogP contribution is 2.67. The molecule has 1 aromatic carbocycles. The van der Waals surface area contributed by atoms with Gasteiger partial charge in [0.1, 0.15) is 6.10 Å². The van der Waals surface area contributed by atoms with E-state index in [2.05, 4.69) is 30.9 Å². The highest BCUT2D eigenvalue weighted by Gasteiger charge is 2.62. The number of hydrogen-bond donors (Lipinski definition) is 2. The van der Waals surface area contributed by atoms with Crippen molar-refractivity contribution >= 4 is 6.09 Å². The second-order valence-electron chi connectivity index (χ2n) is 14.9. The maximum atomic E-state index is 12.6. The third-order valence-electron chi connectivity index (χ3n) is 11.4. The van der Waals surface area contributed by atoms with Gasteiger partial charge >= 0.3 is 6.09 Å². The Balaban J connectivity index is 0.996. The van der Waals surface area contributed by atoms with Crippen molar-refractivity contribution in [1.29, 1.82) is 0 Å². The minimum Gasteiger partial charge on any atom is -0.493 e. The van der Waals surface area contributed by atoms with E-state index in [1.54, 1.807) is 12.0 Å². The predicted octanol–water partition coefficient (Wildman–Crippen LogP) is 4.97. The van der Waals surface area contributed by atoms with Crippen LogP contribution in [0, 0.1) is 16.7 Å². The number of aliphatic hydroxyl groups excluding tert-OH is 1. The van der Waals surface area contributed by atoms with Crippen LogP contribution in [0.3, 0.4) is 0 Å². The van der Waals surface area contributed by atoms with Gasteiger partial charge in [-0.25, -0.2) is 4.79 Å². The van der Waals surface area contributed by atoms with E-state index in [4.69, 9.17) is 14.2 Å². The molecule has 8 nitrogen and oxygen atoms in total. The smallest absolute Gasteiger partial charge is 0.407 e. The molecule has 7 aliphatic rings. The van der Waals surface area contributed by atoms with Crippen molar-refractivity contribution in [3.05, 3.63) is 35.4 Å². The molecule has 2 N–H and O–H groups in total. The van der Waals surface area contributed by atoms with Gasteiger partial charge in [-0.2, -0.15) is 0 Å². The fourth-order valence-electron chi connectivity index (χ4n) is 10.9. The van der Waals surface area contributed by atoms with Gasteiger partial charge in [-0.05, 0) is 79.9 Å². The maximum absolute atomic E-state index is 12.6. The Morgan fingerprint density at radius 3 is 2.63 bits per heavy atom. The van der Waals surface area contributed by atoms with Gasteiger partial charge in [-0.1, -0.05) is 32.1 Å². The first-order valence-electron chi connectivity index (χ1n) is 15.6. The highest BCUT2D eigenvalue weighted by atomic mass is 16.5. The number of carboxylic acid groups (broad SMARTS) is 1. The van der Waals surface area contributed by atoms with E-state index in [0.717, 1.165) is 56.8 Å². The summed E-state index contributed by atoms with van der Waals surface area (Å²) in [6, 6.07) is 4.14. The van der Waals surface area contributed by atoms with Crippen LogP contribution >= 0.6 is 0 Å². The van der Waals surface area contributed by atoms with Crippen molar-refractivity contribution < 1.29 is 29.2 Å². The number of rotatable bonds is 8. The summed E-state index contributed by atoms with van der Waals surface area (Å²) in [5.41, 5.74) is 2.51. The van der Waals surface area contributed by atoms with Crippen molar-refractivity contribution in [2.24, 2.45) is 16.7 Å². The quantitative estimate of drug-likeness (QED) is 0.339. The Morgan fingerprint density at radius 1 is 1.15 bits per heavy atom. The van der Waals surface area contributed by atoms with Gasteiger partial charge in [-0.15, -0.1) is 0 Å². The molecule has 8 rings (SSSR count). The Kier molecular flexibility index (Phi) is 6.46. The largest absolute Gasteiger partial charge is 0.493 e. The number of aliphatic hydroxyl groups is 1. The molecule has 5 aliphatic carbocycles. The number of carbonyl (C=O) groups is 1. The average Bonchev–Trinajstić information content (AvgIpc) is 3.12. The minimum absolute atomic E-state index is 0.0974. The molecule has 7 atom stereocenters. The van der Waals surface area contributed by atoms with Crippen LogP contribution < -0.4 is 9.47 Å². The minimum atomic E-state index is -0.791. The van der Waals surface area contributed by atoms with E-state index in [1.165, 1.54) is 30.4 Å². The van der Waals surface area contributed by atoms with Gasteiger partial charge in [-0.3, -0.25) is 4.90 Å². The summed E-state index contributed by atoms with van der Waals surface area (Å²) in [6.45, 7) is 8.69. The molecule has 1 spiro atoms. The van der Waals surface area contributed by atoms with Crippen molar-refractivity contribution in [3.63, 3.8) is 0 Å². The average molecular weight is 567 g/mol. The first-order chi connectivity index (χ1) is 19.6. The van der Waals surface area contributed by atoms with Crippen molar-refractivity contribution in [3.8, 4) is 11.5 Å². The van der Waals surface area contributed by atoms with Crippen LogP contribution in [0.4, 0.5) is 4.79 Å². The molecular formula is C33H46N2O6. The number of nitrogens with zero attached hydrogens (tertiary/aromatic N) is 2. The second-order valence-corrected chi connectivity index (χ2v) is 14.9. The van der Waals surface area contributed by atoms with E-state index in [0.29, 0.717) is 32.1 Å². The molecule has 4 saturated carbocycles. The molecule has 8 heteroatoms. The molecule has 41 heavy (non-hydrogen) atoms. The highest BCUT2D eigenvalue weighted by molar-refractivity contribution is 5.66. The number of hydrogen-bond acceptors (Lipinski definition) is 6. The fraction of sp³-hybridized carbons (Fsp3) is 0.727. The van der Waals surface area contributed by atoms with Gasteiger partial charge in [0, 0.05) is 37.2 Å². The summed E-state index contributed by atoms with van der Waals surface area (Å²) < 4.78 is 18.2. The number of methoxy groups -OCH3 is 1. The number of benzene rings is 1. The van der Waals surface area contributed by atoms with Gasteiger partial charge in [0.2, 0.25) is 0 Å². The molecule has 1 aromatic rings. The van der Waals surface area contributed by atoms with Gasteiger partial charge in [0.25, 0.3) is 0 Å². The standard InChI is InChI=1S/C33H46N2O6/c1-30-15-22-16-31(2,19-30)21-32(17-22,20-30)35(29(37)38)11-13-40-12-10-34-9-8-33-7-6-24(36)14-26(33)41-28-25(39-3)5-4-23(18-34)27(28)33/h4-7,22,24,26,36H,8-21H2,1-3H3,(H,37,38)/t22-,24-,26-,30+,31-,32+,33-/m0/s1. The fourth-order valence-corrected chi connectivity index (χ4v) is 10.9. The molecule has 2 aliphatic heterocycles. The lowest BCUT2D eigenvalue weighted by Crippen LogP contribution is -2.66. The summed E-state index contributed by atoms with van der Waals surface area (Å²) in [5.74, 6) is 2.23. The Bertz CT molecular complexity index is 1230. The molecule has 1 amide bonds.